The Balaban J connectivity index is 3.57. The van der Waals surface area contributed by atoms with E-state index in [4.69, 9.17) is 9.84 Å². The van der Waals surface area contributed by atoms with Crippen LogP contribution in [0, 0.1) is 0 Å². The van der Waals surface area contributed by atoms with Crippen molar-refractivity contribution in [3.8, 4) is 5.75 Å². The number of carbonyl (C=O) groups is 1. The van der Waals surface area contributed by atoms with Crippen molar-refractivity contribution in [2.24, 2.45) is 0 Å². The van der Waals surface area contributed by atoms with Gasteiger partial charge in [-0.3, -0.25) is 0 Å². The molecule has 0 heterocycles. The van der Waals surface area contributed by atoms with Gasteiger partial charge in [0.15, 0.2) is 0 Å². The molecule has 28 heavy (non-hydrogen) atoms. The maximum Gasteiger partial charge on any atom is 0.331 e. The summed E-state index contributed by atoms with van der Waals surface area (Å²) < 4.78 is 6.10. The summed E-state index contributed by atoms with van der Waals surface area (Å²) in [5, 5.41) is 8.94. The van der Waals surface area contributed by atoms with Crippen molar-refractivity contribution < 1.29 is 14.6 Å². The van der Waals surface area contributed by atoms with Crippen LogP contribution in [0.25, 0.3) is 5.57 Å². The van der Waals surface area contributed by atoms with Gasteiger partial charge in [-0.1, -0.05) is 71.9 Å². The van der Waals surface area contributed by atoms with E-state index in [0.29, 0.717) is 12.2 Å². The molecule has 0 aliphatic heterocycles. The molecule has 0 aromatic heterocycles. The second-order valence-electron chi connectivity index (χ2n) is 9.22. The molecule has 0 amide bonds. The molecule has 0 radical (unpaired) electrons. The van der Waals surface area contributed by atoms with Crippen LogP contribution in [0.4, 0.5) is 0 Å². The SMILES string of the molecule is CCOc1c(\C(C)=C/C=C/C=C(\C)C(=O)O)cc(C(C)(C)C)cc1C(C)(C)C. The van der Waals surface area contributed by atoms with Gasteiger partial charge in [-0.2, -0.15) is 0 Å². The lowest BCUT2D eigenvalue weighted by molar-refractivity contribution is -0.132. The van der Waals surface area contributed by atoms with E-state index in [1.165, 1.54) is 11.1 Å². The van der Waals surface area contributed by atoms with Gasteiger partial charge < -0.3 is 9.84 Å². The van der Waals surface area contributed by atoms with Crippen LogP contribution in [0.15, 0.2) is 42.0 Å². The van der Waals surface area contributed by atoms with Crippen molar-refractivity contribution in [3.05, 3.63) is 58.7 Å². The van der Waals surface area contributed by atoms with Crippen LogP contribution >= 0.6 is 0 Å². The fourth-order valence-electron chi connectivity index (χ4n) is 2.77. The molecule has 154 valence electrons. The number of hydrogen-bond donors (Lipinski definition) is 1. The summed E-state index contributed by atoms with van der Waals surface area (Å²) >= 11 is 0. The molecule has 0 bridgehead atoms. The number of ether oxygens (including phenoxy) is 1. The summed E-state index contributed by atoms with van der Waals surface area (Å²) in [5.41, 5.74) is 4.93. The molecule has 1 N–H and O–H groups in total. The Labute approximate surface area is 170 Å². The topological polar surface area (TPSA) is 46.5 Å². The summed E-state index contributed by atoms with van der Waals surface area (Å²) in [5.74, 6) is 0.0269. The third-order valence-corrected chi connectivity index (χ3v) is 4.62. The van der Waals surface area contributed by atoms with Crippen molar-refractivity contribution in [2.45, 2.75) is 73.1 Å². The number of allylic oxidation sites excluding steroid dienone is 5. The number of benzene rings is 1. The van der Waals surface area contributed by atoms with Crippen LogP contribution in [-0.2, 0) is 15.6 Å². The molecular weight excluding hydrogens is 348 g/mol. The van der Waals surface area contributed by atoms with Gasteiger partial charge in [0.1, 0.15) is 5.75 Å². The van der Waals surface area contributed by atoms with Crippen molar-refractivity contribution in [1.82, 2.24) is 0 Å². The van der Waals surface area contributed by atoms with Crippen LogP contribution in [0.2, 0.25) is 0 Å². The fourth-order valence-corrected chi connectivity index (χ4v) is 2.77. The Kier molecular flexibility index (Phi) is 7.86. The highest BCUT2D eigenvalue weighted by Gasteiger charge is 2.26. The van der Waals surface area contributed by atoms with Crippen LogP contribution in [-0.4, -0.2) is 17.7 Å². The molecule has 0 spiro atoms. The first-order valence-electron chi connectivity index (χ1n) is 9.86. The minimum Gasteiger partial charge on any atom is -0.493 e. The maximum atomic E-state index is 10.9. The molecule has 0 unspecified atom stereocenters. The molecule has 1 aromatic carbocycles. The molecule has 0 aliphatic rings. The smallest absolute Gasteiger partial charge is 0.331 e. The zero-order valence-electron chi connectivity index (χ0n) is 18.9. The van der Waals surface area contributed by atoms with E-state index in [1.54, 1.807) is 19.1 Å². The summed E-state index contributed by atoms with van der Waals surface area (Å²) in [7, 11) is 0. The molecule has 1 rings (SSSR count). The quantitative estimate of drug-likeness (QED) is 0.440. The van der Waals surface area contributed by atoms with Crippen LogP contribution in [0.3, 0.4) is 0 Å². The first kappa shape index (κ1) is 23.7. The Bertz CT molecular complexity index is 794. The molecule has 0 fully saturated rings. The molecule has 0 saturated heterocycles. The monoisotopic (exact) mass is 384 g/mol. The van der Waals surface area contributed by atoms with E-state index in [-0.39, 0.29) is 10.8 Å². The Morgan fingerprint density at radius 2 is 1.57 bits per heavy atom. The van der Waals surface area contributed by atoms with Crippen molar-refractivity contribution >= 4 is 11.5 Å². The first-order chi connectivity index (χ1) is 12.8. The van der Waals surface area contributed by atoms with Gasteiger partial charge in [0, 0.05) is 16.7 Å². The predicted molar refractivity (Wildman–Crippen MR) is 119 cm³/mol. The normalized spacial score (nSPS) is 13.9. The second-order valence-corrected chi connectivity index (χ2v) is 9.22. The molecule has 0 aliphatic carbocycles. The van der Waals surface area contributed by atoms with Crippen molar-refractivity contribution in [3.63, 3.8) is 0 Å². The van der Waals surface area contributed by atoms with Gasteiger partial charge in [0.25, 0.3) is 0 Å². The van der Waals surface area contributed by atoms with Crippen LogP contribution < -0.4 is 4.74 Å². The zero-order valence-corrected chi connectivity index (χ0v) is 18.9. The van der Waals surface area contributed by atoms with E-state index >= 15 is 0 Å². The minimum absolute atomic E-state index is 0.0248. The van der Waals surface area contributed by atoms with E-state index in [1.807, 2.05) is 19.1 Å². The van der Waals surface area contributed by atoms with E-state index in [9.17, 15) is 4.79 Å². The Hall–Kier alpha value is -2.29. The predicted octanol–water partition coefficient (Wildman–Crippen LogP) is 6.67. The number of rotatable bonds is 6. The maximum absolute atomic E-state index is 10.9. The van der Waals surface area contributed by atoms with Crippen molar-refractivity contribution in [1.29, 1.82) is 0 Å². The highest BCUT2D eigenvalue weighted by Crippen LogP contribution is 2.41. The molecule has 1 aromatic rings. The third-order valence-electron chi connectivity index (χ3n) is 4.62. The van der Waals surface area contributed by atoms with Gasteiger partial charge in [0.2, 0.25) is 0 Å². The van der Waals surface area contributed by atoms with Crippen molar-refractivity contribution in [2.75, 3.05) is 6.61 Å². The minimum atomic E-state index is -0.906. The van der Waals surface area contributed by atoms with Gasteiger partial charge >= 0.3 is 5.97 Å². The molecular formula is C25H36O3. The van der Waals surface area contributed by atoms with Gasteiger partial charge in [-0.05, 0) is 48.8 Å². The largest absolute Gasteiger partial charge is 0.493 e. The van der Waals surface area contributed by atoms with Gasteiger partial charge in [-0.25, -0.2) is 4.79 Å². The summed E-state index contributed by atoms with van der Waals surface area (Å²) in [4.78, 5) is 10.9. The Morgan fingerprint density at radius 3 is 2.04 bits per heavy atom. The number of hydrogen-bond acceptors (Lipinski definition) is 2. The molecule has 0 atom stereocenters. The lowest BCUT2D eigenvalue weighted by Crippen LogP contribution is -2.19. The Morgan fingerprint density at radius 1 is 1.00 bits per heavy atom. The first-order valence-corrected chi connectivity index (χ1v) is 9.86. The third kappa shape index (κ3) is 6.40. The van der Waals surface area contributed by atoms with E-state index < -0.39 is 5.97 Å². The average Bonchev–Trinajstić information content (AvgIpc) is 2.56. The number of carboxylic acids is 1. The molecule has 3 heteroatoms. The van der Waals surface area contributed by atoms with Gasteiger partial charge in [0.05, 0.1) is 6.61 Å². The standard InChI is InChI=1S/C25H36O3/c1-10-28-22-20(17(2)13-11-12-14-18(3)23(26)27)15-19(24(4,5)6)16-21(22)25(7,8)9/h11-16H,10H2,1-9H3,(H,26,27)/b12-11+,17-13-,18-14+. The number of carboxylic acid groups (broad SMARTS) is 1. The van der Waals surface area contributed by atoms with Crippen LogP contribution in [0.1, 0.15) is 79.0 Å². The van der Waals surface area contributed by atoms with Crippen LogP contribution in [0.5, 0.6) is 5.75 Å². The van der Waals surface area contributed by atoms with E-state index in [2.05, 4.69) is 60.6 Å². The highest BCUT2D eigenvalue weighted by atomic mass is 16.5. The second kappa shape index (κ2) is 9.27. The summed E-state index contributed by atoms with van der Waals surface area (Å²) in [6.45, 7) is 19.5. The zero-order chi connectivity index (χ0) is 21.7. The average molecular weight is 385 g/mol. The fraction of sp³-hybridized carbons (Fsp3) is 0.480. The molecule has 0 saturated carbocycles. The molecule has 3 nitrogen and oxygen atoms in total. The van der Waals surface area contributed by atoms with Gasteiger partial charge in [-0.15, -0.1) is 0 Å². The lowest BCUT2D eigenvalue weighted by Gasteiger charge is -2.29. The highest BCUT2D eigenvalue weighted by molar-refractivity contribution is 5.86. The van der Waals surface area contributed by atoms with E-state index in [0.717, 1.165) is 16.9 Å². The summed E-state index contributed by atoms with van der Waals surface area (Å²) in [6.07, 6.45) is 7.23. The summed E-state index contributed by atoms with van der Waals surface area (Å²) in [6, 6.07) is 4.49. The number of aliphatic carboxylic acids is 1. The lowest BCUT2D eigenvalue weighted by atomic mass is 9.78.